The van der Waals surface area contributed by atoms with E-state index in [4.69, 9.17) is 4.99 Å². The molecule has 23 heavy (non-hydrogen) atoms. The Morgan fingerprint density at radius 2 is 1.52 bits per heavy atom. The molecule has 0 atom stereocenters. The minimum Gasteiger partial charge on any atom is -0.372 e. The van der Waals surface area contributed by atoms with Gasteiger partial charge in [0.1, 0.15) is 0 Å². The van der Waals surface area contributed by atoms with Crippen LogP contribution in [0.2, 0.25) is 0 Å². The Balaban J connectivity index is 1.77. The van der Waals surface area contributed by atoms with E-state index in [9.17, 15) is 0 Å². The zero-order valence-electron chi connectivity index (χ0n) is 13.6. The number of hydrogen-bond acceptors (Lipinski definition) is 2. The first-order valence-electron chi connectivity index (χ1n) is 8.28. The molecule has 1 heterocycles. The fourth-order valence-electron chi connectivity index (χ4n) is 3.43. The predicted octanol–water partition coefficient (Wildman–Crippen LogP) is 5.17. The minimum absolute atomic E-state index is 1.03. The summed E-state index contributed by atoms with van der Waals surface area (Å²) in [5, 5.41) is 2.54. The molecule has 0 spiro atoms. The Bertz CT molecular complexity index is 882. The highest BCUT2D eigenvalue weighted by Gasteiger charge is 2.19. The van der Waals surface area contributed by atoms with Gasteiger partial charge in [-0.2, -0.15) is 0 Å². The molecule has 0 saturated carbocycles. The molecule has 0 radical (unpaired) electrons. The van der Waals surface area contributed by atoms with Crippen LogP contribution in [-0.2, 0) is 0 Å². The van der Waals surface area contributed by atoms with E-state index < -0.39 is 0 Å². The molecule has 0 fully saturated rings. The summed E-state index contributed by atoms with van der Waals surface area (Å²) in [6, 6.07) is 21.6. The smallest absolute Gasteiger partial charge is 0.0788 e. The molecule has 0 N–H and O–H groups in total. The Hall–Kier alpha value is -2.61. The highest BCUT2D eigenvalue weighted by molar-refractivity contribution is 6.26. The third-order valence-corrected chi connectivity index (χ3v) is 4.64. The molecule has 4 rings (SSSR count). The van der Waals surface area contributed by atoms with E-state index in [1.807, 2.05) is 0 Å². The van der Waals surface area contributed by atoms with Gasteiger partial charge in [-0.1, -0.05) is 42.5 Å². The molecule has 2 heteroatoms. The molecule has 0 bridgehead atoms. The van der Waals surface area contributed by atoms with Crippen LogP contribution in [0.15, 0.2) is 65.7 Å². The molecular weight excluding hydrogens is 280 g/mol. The van der Waals surface area contributed by atoms with Crippen molar-refractivity contribution in [1.29, 1.82) is 0 Å². The van der Waals surface area contributed by atoms with Gasteiger partial charge in [0.15, 0.2) is 0 Å². The highest BCUT2D eigenvalue weighted by atomic mass is 15.1. The van der Waals surface area contributed by atoms with Crippen LogP contribution < -0.4 is 4.90 Å². The van der Waals surface area contributed by atoms with Gasteiger partial charge in [0.2, 0.25) is 0 Å². The summed E-state index contributed by atoms with van der Waals surface area (Å²) >= 11 is 0. The van der Waals surface area contributed by atoms with E-state index in [1.165, 1.54) is 27.6 Å². The molecular formula is C21H20N2. The zero-order valence-corrected chi connectivity index (χ0v) is 13.6. The Morgan fingerprint density at radius 1 is 0.826 bits per heavy atom. The van der Waals surface area contributed by atoms with Crippen molar-refractivity contribution in [1.82, 2.24) is 0 Å². The molecule has 3 aromatic carbocycles. The van der Waals surface area contributed by atoms with E-state index in [1.54, 1.807) is 0 Å². The molecule has 0 saturated heterocycles. The van der Waals surface area contributed by atoms with Crippen LogP contribution in [0, 0.1) is 0 Å². The van der Waals surface area contributed by atoms with Crippen molar-refractivity contribution in [2.75, 3.05) is 18.0 Å². The summed E-state index contributed by atoms with van der Waals surface area (Å²) in [5.74, 6) is 0. The second-order valence-corrected chi connectivity index (χ2v) is 5.86. The summed E-state index contributed by atoms with van der Waals surface area (Å²) in [6.45, 7) is 6.44. The lowest BCUT2D eigenvalue weighted by atomic mass is 9.98. The summed E-state index contributed by atoms with van der Waals surface area (Å²) in [5.41, 5.74) is 5.87. The van der Waals surface area contributed by atoms with E-state index >= 15 is 0 Å². The number of anilines is 1. The van der Waals surface area contributed by atoms with Crippen LogP contribution in [0.4, 0.5) is 11.4 Å². The van der Waals surface area contributed by atoms with Gasteiger partial charge >= 0.3 is 0 Å². The average Bonchev–Trinajstić information content (AvgIpc) is 2.98. The number of hydrogen-bond donors (Lipinski definition) is 0. The first-order valence-corrected chi connectivity index (χ1v) is 8.28. The lowest BCUT2D eigenvalue weighted by molar-refractivity contribution is 0.866. The molecule has 114 valence electrons. The number of benzene rings is 3. The van der Waals surface area contributed by atoms with Crippen LogP contribution in [0.25, 0.3) is 10.8 Å². The van der Waals surface area contributed by atoms with Crippen molar-refractivity contribution in [3.05, 3.63) is 71.8 Å². The third kappa shape index (κ3) is 2.22. The van der Waals surface area contributed by atoms with Crippen LogP contribution in [0.3, 0.4) is 0 Å². The molecule has 2 nitrogen and oxygen atoms in total. The van der Waals surface area contributed by atoms with Crippen LogP contribution >= 0.6 is 0 Å². The summed E-state index contributed by atoms with van der Waals surface area (Å²) in [7, 11) is 0. The van der Waals surface area contributed by atoms with E-state index in [0.717, 1.165) is 24.5 Å². The second kappa shape index (κ2) is 5.54. The van der Waals surface area contributed by atoms with Gasteiger partial charge in [0.25, 0.3) is 0 Å². The van der Waals surface area contributed by atoms with Crippen LogP contribution in [0.5, 0.6) is 0 Å². The van der Waals surface area contributed by atoms with Crippen LogP contribution in [0.1, 0.15) is 25.0 Å². The van der Waals surface area contributed by atoms with Crippen LogP contribution in [-0.4, -0.2) is 18.8 Å². The fraction of sp³-hybridized carbons (Fsp3) is 0.190. The minimum atomic E-state index is 1.03. The van der Waals surface area contributed by atoms with Crippen molar-refractivity contribution >= 4 is 27.9 Å². The monoisotopic (exact) mass is 300 g/mol. The zero-order chi connectivity index (χ0) is 15.8. The van der Waals surface area contributed by atoms with E-state index in [2.05, 4.69) is 79.4 Å². The van der Waals surface area contributed by atoms with Gasteiger partial charge in [-0.05, 0) is 37.4 Å². The Labute approximate surface area is 137 Å². The number of rotatable bonds is 4. The molecule has 0 amide bonds. The average molecular weight is 300 g/mol. The normalized spacial score (nSPS) is 12.5. The van der Waals surface area contributed by atoms with Gasteiger partial charge in [0.05, 0.1) is 11.4 Å². The van der Waals surface area contributed by atoms with Gasteiger partial charge in [-0.3, -0.25) is 0 Å². The molecule has 1 aliphatic heterocycles. The maximum absolute atomic E-state index is 4.88. The fourth-order valence-corrected chi connectivity index (χ4v) is 3.43. The van der Waals surface area contributed by atoms with Gasteiger partial charge in [-0.15, -0.1) is 0 Å². The number of nitrogens with zero attached hydrogens (tertiary/aromatic N) is 2. The Kier molecular flexibility index (Phi) is 3.38. The number of aliphatic imine (C=N–C) groups is 1. The quantitative estimate of drug-likeness (QED) is 0.508. The van der Waals surface area contributed by atoms with Crippen molar-refractivity contribution < 1.29 is 0 Å². The molecule has 0 unspecified atom stereocenters. The van der Waals surface area contributed by atoms with E-state index in [0.29, 0.717) is 0 Å². The third-order valence-electron chi connectivity index (χ3n) is 4.64. The SMILES string of the molecule is CCN(CC)c1ccc(C2=Nc3cccc4cccc2c34)cc1. The summed E-state index contributed by atoms with van der Waals surface area (Å²) in [4.78, 5) is 7.24. The van der Waals surface area contributed by atoms with Crippen molar-refractivity contribution in [3.8, 4) is 0 Å². The maximum atomic E-state index is 4.88. The first-order chi connectivity index (χ1) is 11.3. The largest absolute Gasteiger partial charge is 0.372 e. The first kappa shape index (κ1) is 14.0. The summed E-state index contributed by atoms with van der Waals surface area (Å²) in [6.07, 6.45) is 0. The van der Waals surface area contributed by atoms with Gasteiger partial charge in [0, 0.05) is 35.3 Å². The van der Waals surface area contributed by atoms with Gasteiger partial charge < -0.3 is 4.90 Å². The maximum Gasteiger partial charge on any atom is 0.0788 e. The predicted molar refractivity (Wildman–Crippen MR) is 99.3 cm³/mol. The summed E-state index contributed by atoms with van der Waals surface area (Å²) < 4.78 is 0. The lowest BCUT2D eigenvalue weighted by Crippen LogP contribution is -2.21. The lowest BCUT2D eigenvalue weighted by Gasteiger charge is -2.21. The molecule has 0 aliphatic carbocycles. The molecule has 1 aliphatic rings. The van der Waals surface area contributed by atoms with Crippen molar-refractivity contribution in [3.63, 3.8) is 0 Å². The molecule has 3 aromatic rings. The van der Waals surface area contributed by atoms with Gasteiger partial charge in [-0.25, -0.2) is 4.99 Å². The Morgan fingerprint density at radius 3 is 2.22 bits per heavy atom. The highest BCUT2D eigenvalue weighted by Crippen LogP contribution is 2.37. The van der Waals surface area contributed by atoms with Crippen molar-refractivity contribution in [2.45, 2.75) is 13.8 Å². The topological polar surface area (TPSA) is 15.6 Å². The van der Waals surface area contributed by atoms with E-state index in [-0.39, 0.29) is 0 Å². The van der Waals surface area contributed by atoms with Crippen molar-refractivity contribution in [2.24, 2.45) is 4.99 Å². The molecule has 0 aromatic heterocycles. The second-order valence-electron chi connectivity index (χ2n) is 5.86. The standard InChI is InChI=1S/C21H20N2/c1-3-23(4-2)17-13-11-16(12-14-17)21-18-9-5-7-15-8-6-10-19(22-21)20(15)18/h5-14H,3-4H2,1-2H3.